The molecular formula is C13H21NO4S. The Kier molecular flexibility index (Phi) is 6.44. The van der Waals surface area contributed by atoms with Crippen molar-refractivity contribution in [2.24, 2.45) is 0 Å². The highest BCUT2D eigenvalue weighted by molar-refractivity contribution is 7.89. The first kappa shape index (κ1) is 16.1. The lowest BCUT2D eigenvalue weighted by atomic mass is 10.1. The highest BCUT2D eigenvalue weighted by Gasteiger charge is 2.14. The molecule has 1 rings (SSSR count). The maximum absolute atomic E-state index is 12.0. The van der Waals surface area contributed by atoms with Crippen LogP contribution in [0.2, 0.25) is 0 Å². The smallest absolute Gasteiger partial charge is 0.240 e. The molecule has 19 heavy (non-hydrogen) atoms. The molecule has 1 aromatic carbocycles. The van der Waals surface area contributed by atoms with Gasteiger partial charge in [0.25, 0.3) is 0 Å². The molecule has 0 radical (unpaired) electrons. The topological polar surface area (TPSA) is 75.6 Å². The minimum Gasteiger partial charge on any atom is -0.392 e. The lowest BCUT2D eigenvalue weighted by molar-refractivity contribution is 0.146. The van der Waals surface area contributed by atoms with E-state index in [1.807, 2.05) is 13.8 Å². The van der Waals surface area contributed by atoms with Crippen LogP contribution >= 0.6 is 0 Å². The molecule has 0 heterocycles. The largest absolute Gasteiger partial charge is 0.392 e. The van der Waals surface area contributed by atoms with Gasteiger partial charge in [0.15, 0.2) is 0 Å². The summed E-state index contributed by atoms with van der Waals surface area (Å²) in [6.45, 7) is 5.06. The summed E-state index contributed by atoms with van der Waals surface area (Å²) in [5.74, 6) is 0. The van der Waals surface area contributed by atoms with E-state index in [0.717, 1.165) is 5.56 Å². The minimum atomic E-state index is -3.51. The maximum atomic E-state index is 12.0. The summed E-state index contributed by atoms with van der Waals surface area (Å²) in [6.07, 6.45) is 0.631. The van der Waals surface area contributed by atoms with Crippen molar-refractivity contribution in [2.45, 2.75) is 31.8 Å². The Hall–Kier alpha value is -0.950. The molecule has 108 valence electrons. The SMILES string of the molecule is CCOCCCNS(=O)(=O)c1ccc(C)c(CO)c1. The Labute approximate surface area is 114 Å². The van der Waals surface area contributed by atoms with Gasteiger partial charge in [-0.25, -0.2) is 13.1 Å². The maximum Gasteiger partial charge on any atom is 0.240 e. The predicted octanol–water partition coefficient (Wildman–Crippen LogP) is 1.19. The van der Waals surface area contributed by atoms with Crippen LogP contribution in [0.5, 0.6) is 0 Å². The van der Waals surface area contributed by atoms with Crippen molar-refractivity contribution in [1.29, 1.82) is 0 Å². The summed E-state index contributed by atoms with van der Waals surface area (Å²) in [6, 6.07) is 4.74. The first-order chi connectivity index (χ1) is 9.01. The van der Waals surface area contributed by atoms with Crippen LogP contribution in [0.4, 0.5) is 0 Å². The van der Waals surface area contributed by atoms with Crippen LogP contribution in [0.15, 0.2) is 23.1 Å². The van der Waals surface area contributed by atoms with E-state index in [2.05, 4.69) is 4.72 Å². The summed E-state index contributed by atoms with van der Waals surface area (Å²) in [5.41, 5.74) is 1.50. The number of benzene rings is 1. The lowest BCUT2D eigenvalue weighted by Gasteiger charge is -2.09. The Bertz CT molecular complexity index is 499. The Morgan fingerprint density at radius 1 is 1.37 bits per heavy atom. The molecule has 5 nitrogen and oxygen atoms in total. The first-order valence-corrected chi connectivity index (χ1v) is 7.77. The van der Waals surface area contributed by atoms with Crippen LogP contribution in [0.1, 0.15) is 24.5 Å². The molecule has 1 aromatic rings. The standard InChI is InChI=1S/C13H21NO4S/c1-3-18-8-4-7-14-19(16,17)13-6-5-11(2)12(9-13)10-15/h5-6,9,14-15H,3-4,7-8,10H2,1-2H3. The van der Waals surface area contributed by atoms with Gasteiger partial charge >= 0.3 is 0 Å². The molecule has 0 unspecified atom stereocenters. The average Bonchev–Trinajstić information content (AvgIpc) is 2.38. The third-order valence-electron chi connectivity index (χ3n) is 2.76. The zero-order valence-corrected chi connectivity index (χ0v) is 12.2. The fourth-order valence-electron chi connectivity index (χ4n) is 1.59. The molecule has 2 N–H and O–H groups in total. The van der Waals surface area contributed by atoms with Crippen LogP contribution in [0, 0.1) is 6.92 Å². The molecule has 0 aliphatic rings. The summed E-state index contributed by atoms with van der Waals surface area (Å²) in [7, 11) is -3.51. The molecule has 0 fully saturated rings. The van der Waals surface area contributed by atoms with E-state index in [1.54, 1.807) is 12.1 Å². The van der Waals surface area contributed by atoms with Gasteiger partial charge in [-0.15, -0.1) is 0 Å². The monoisotopic (exact) mass is 287 g/mol. The number of hydrogen-bond donors (Lipinski definition) is 2. The molecule has 0 aliphatic heterocycles. The van der Waals surface area contributed by atoms with E-state index in [1.165, 1.54) is 6.07 Å². The number of aliphatic hydroxyl groups is 1. The van der Waals surface area contributed by atoms with Crippen molar-refractivity contribution in [3.05, 3.63) is 29.3 Å². The van der Waals surface area contributed by atoms with Gasteiger partial charge in [0.1, 0.15) is 0 Å². The third kappa shape index (κ3) is 4.91. The highest BCUT2D eigenvalue weighted by atomic mass is 32.2. The second-order valence-electron chi connectivity index (χ2n) is 4.19. The number of hydrogen-bond acceptors (Lipinski definition) is 4. The third-order valence-corrected chi connectivity index (χ3v) is 4.22. The summed E-state index contributed by atoms with van der Waals surface area (Å²) < 4.78 is 31.7. The van der Waals surface area contributed by atoms with Gasteiger partial charge in [0.05, 0.1) is 11.5 Å². The quantitative estimate of drug-likeness (QED) is 0.704. The average molecular weight is 287 g/mol. The number of aliphatic hydroxyl groups excluding tert-OH is 1. The Morgan fingerprint density at radius 2 is 2.11 bits per heavy atom. The first-order valence-electron chi connectivity index (χ1n) is 6.29. The second-order valence-corrected chi connectivity index (χ2v) is 5.96. The molecule has 0 atom stereocenters. The molecule has 6 heteroatoms. The van der Waals surface area contributed by atoms with Crippen molar-refractivity contribution in [1.82, 2.24) is 4.72 Å². The molecule has 0 aliphatic carbocycles. The summed E-state index contributed by atoms with van der Waals surface area (Å²) in [4.78, 5) is 0.179. The van der Waals surface area contributed by atoms with Crippen molar-refractivity contribution in [3.63, 3.8) is 0 Å². The van der Waals surface area contributed by atoms with E-state index >= 15 is 0 Å². The lowest BCUT2D eigenvalue weighted by Crippen LogP contribution is -2.25. The van der Waals surface area contributed by atoms with Crippen LogP contribution in [0.3, 0.4) is 0 Å². The van der Waals surface area contributed by atoms with Crippen molar-refractivity contribution < 1.29 is 18.3 Å². The van der Waals surface area contributed by atoms with E-state index in [0.29, 0.717) is 31.7 Å². The molecule has 0 bridgehead atoms. The molecule has 0 spiro atoms. The molecule has 0 amide bonds. The second kappa shape index (κ2) is 7.59. The molecule has 0 saturated heterocycles. The van der Waals surface area contributed by atoms with Crippen molar-refractivity contribution in [2.75, 3.05) is 19.8 Å². The van der Waals surface area contributed by atoms with E-state index < -0.39 is 10.0 Å². The van der Waals surface area contributed by atoms with Crippen molar-refractivity contribution in [3.8, 4) is 0 Å². The van der Waals surface area contributed by atoms with E-state index in [-0.39, 0.29) is 11.5 Å². The predicted molar refractivity (Wildman–Crippen MR) is 73.4 cm³/mol. The minimum absolute atomic E-state index is 0.167. The fraction of sp³-hybridized carbons (Fsp3) is 0.538. The summed E-state index contributed by atoms with van der Waals surface area (Å²) >= 11 is 0. The van der Waals surface area contributed by atoms with Crippen LogP contribution in [-0.2, 0) is 21.4 Å². The highest BCUT2D eigenvalue weighted by Crippen LogP contribution is 2.15. The summed E-state index contributed by atoms with van der Waals surface area (Å²) in [5, 5.41) is 9.15. The number of nitrogens with one attached hydrogen (secondary N) is 1. The van der Waals surface area contributed by atoms with Gasteiger partial charge in [0.2, 0.25) is 10.0 Å². The fourth-order valence-corrected chi connectivity index (χ4v) is 2.72. The van der Waals surface area contributed by atoms with Gasteiger partial charge in [-0.1, -0.05) is 6.07 Å². The number of aryl methyl sites for hydroxylation is 1. The van der Waals surface area contributed by atoms with E-state index in [4.69, 9.17) is 9.84 Å². The van der Waals surface area contributed by atoms with Gasteiger partial charge in [-0.2, -0.15) is 0 Å². The zero-order chi connectivity index (χ0) is 14.3. The number of rotatable bonds is 8. The normalized spacial score (nSPS) is 11.7. The van der Waals surface area contributed by atoms with Crippen LogP contribution in [-0.4, -0.2) is 33.3 Å². The van der Waals surface area contributed by atoms with Crippen LogP contribution < -0.4 is 4.72 Å². The zero-order valence-electron chi connectivity index (χ0n) is 11.3. The Morgan fingerprint density at radius 3 is 2.74 bits per heavy atom. The number of sulfonamides is 1. The molecule has 0 aromatic heterocycles. The van der Waals surface area contributed by atoms with Crippen molar-refractivity contribution >= 4 is 10.0 Å². The van der Waals surface area contributed by atoms with Crippen LogP contribution in [0.25, 0.3) is 0 Å². The Balaban J connectivity index is 2.67. The number of ether oxygens (including phenoxy) is 1. The van der Waals surface area contributed by atoms with Gasteiger partial charge in [-0.05, 0) is 43.5 Å². The molecule has 0 saturated carbocycles. The van der Waals surface area contributed by atoms with Gasteiger partial charge in [0, 0.05) is 19.8 Å². The van der Waals surface area contributed by atoms with Gasteiger partial charge in [-0.3, -0.25) is 0 Å². The van der Waals surface area contributed by atoms with Gasteiger partial charge < -0.3 is 9.84 Å². The van der Waals surface area contributed by atoms with E-state index in [9.17, 15) is 8.42 Å². The molecular weight excluding hydrogens is 266 g/mol.